The van der Waals surface area contributed by atoms with Crippen LogP contribution in [0.1, 0.15) is 6.42 Å². The number of rotatable bonds is 0. The zero-order chi connectivity index (χ0) is 5.11. The first-order valence-corrected chi connectivity index (χ1v) is 3.09. The Morgan fingerprint density at radius 2 is 2.71 bits per heavy atom. The van der Waals surface area contributed by atoms with Gasteiger partial charge in [0, 0.05) is 0 Å². The third kappa shape index (κ3) is 1.51. The lowest BCUT2D eigenvalue weighted by Gasteiger charge is -2.11. The van der Waals surface area contributed by atoms with Crippen LogP contribution in [0, 0.1) is 0 Å². The van der Waals surface area contributed by atoms with Crippen LogP contribution in [-0.2, 0) is 0 Å². The summed E-state index contributed by atoms with van der Waals surface area (Å²) >= 11 is 1.55. The molecule has 0 amide bonds. The largest absolute Gasteiger partial charge is 0.315 e. The van der Waals surface area contributed by atoms with Gasteiger partial charge in [-0.1, -0.05) is 18.0 Å². The molecule has 3 N–H and O–H groups in total. The maximum Gasteiger partial charge on any atom is 0.0680 e. The quantitative estimate of drug-likeness (QED) is 0.451. The third-order valence-corrected chi connectivity index (χ3v) is 1.54. The van der Waals surface area contributed by atoms with Crippen molar-refractivity contribution in [3.8, 4) is 0 Å². The molecule has 40 valence electrons. The average Bonchev–Trinajstić information content (AvgIpc) is 1.69. The molecule has 3 heteroatoms. The Bertz CT molecular complexity index is 81.8. The molecule has 1 aliphatic heterocycles. The number of hydrogen-bond donors (Lipinski definition) is 2. The highest BCUT2D eigenvalue weighted by Gasteiger charge is 1.99. The first kappa shape index (κ1) is 5.15. The molecule has 0 spiro atoms. The lowest BCUT2D eigenvalue weighted by molar-refractivity contribution is 0.668. The van der Waals surface area contributed by atoms with Crippen molar-refractivity contribution in [3.63, 3.8) is 0 Å². The van der Waals surface area contributed by atoms with Gasteiger partial charge < -0.3 is 5.73 Å². The number of nitrogens with two attached hydrogens (primary N) is 1. The lowest BCUT2D eigenvalue weighted by Crippen LogP contribution is -2.32. The summed E-state index contributed by atoms with van der Waals surface area (Å²) in [6, 6.07) is 0. The summed E-state index contributed by atoms with van der Waals surface area (Å²) in [7, 11) is 0. The van der Waals surface area contributed by atoms with Crippen molar-refractivity contribution in [2.24, 2.45) is 5.73 Å². The average molecular weight is 116 g/mol. The zero-order valence-corrected chi connectivity index (χ0v) is 4.74. The van der Waals surface area contributed by atoms with Crippen molar-refractivity contribution in [1.82, 2.24) is 4.72 Å². The van der Waals surface area contributed by atoms with Crippen LogP contribution in [0.15, 0.2) is 11.5 Å². The van der Waals surface area contributed by atoms with E-state index in [2.05, 4.69) is 10.8 Å². The van der Waals surface area contributed by atoms with Gasteiger partial charge in [-0.15, -0.1) is 0 Å². The minimum atomic E-state index is 0.162. The number of hydrogen-bond acceptors (Lipinski definition) is 3. The molecule has 2 nitrogen and oxygen atoms in total. The van der Waals surface area contributed by atoms with E-state index in [1.807, 2.05) is 5.41 Å². The van der Waals surface area contributed by atoms with E-state index < -0.39 is 0 Å². The van der Waals surface area contributed by atoms with Crippen LogP contribution >= 0.6 is 11.9 Å². The van der Waals surface area contributed by atoms with Gasteiger partial charge in [0.15, 0.2) is 0 Å². The van der Waals surface area contributed by atoms with E-state index in [-0.39, 0.29) is 6.17 Å². The predicted octanol–water partition coefficient (Wildman–Crippen LogP) is 0.426. The molecule has 0 saturated carbocycles. The van der Waals surface area contributed by atoms with Gasteiger partial charge in [0.25, 0.3) is 0 Å². The SMILES string of the molecule is NC1CC=CSN1. The monoisotopic (exact) mass is 116 g/mol. The fourth-order valence-corrected chi connectivity index (χ4v) is 0.982. The fraction of sp³-hybridized carbons (Fsp3) is 0.500. The Morgan fingerprint density at radius 1 is 1.86 bits per heavy atom. The molecule has 0 bridgehead atoms. The molecule has 1 heterocycles. The van der Waals surface area contributed by atoms with Gasteiger partial charge in [-0.2, -0.15) is 0 Å². The summed E-state index contributed by atoms with van der Waals surface area (Å²) in [4.78, 5) is 0. The second-order valence-electron chi connectivity index (χ2n) is 1.45. The van der Waals surface area contributed by atoms with Crippen LogP contribution in [0.5, 0.6) is 0 Å². The Kier molecular flexibility index (Phi) is 1.73. The van der Waals surface area contributed by atoms with Crippen LogP contribution in [0.25, 0.3) is 0 Å². The van der Waals surface area contributed by atoms with Crippen LogP contribution in [0.2, 0.25) is 0 Å². The molecule has 1 atom stereocenters. The van der Waals surface area contributed by atoms with Crippen molar-refractivity contribution in [2.75, 3.05) is 0 Å². The molecule has 7 heavy (non-hydrogen) atoms. The minimum Gasteiger partial charge on any atom is -0.315 e. The molecule has 0 aromatic carbocycles. The molecule has 0 fully saturated rings. The summed E-state index contributed by atoms with van der Waals surface area (Å²) in [5.74, 6) is 0. The van der Waals surface area contributed by atoms with Crippen molar-refractivity contribution < 1.29 is 0 Å². The highest BCUT2D eigenvalue weighted by atomic mass is 32.2. The zero-order valence-electron chi connectivity index (χ0n) is 3.92. The van der Waals surface area contributed by atoms with Gasteiger partial charge in [-0.05, 0) is 11.8 Å². The smallest absolute Gasteiger partial charge is 0.0680 e. The van der Waals surface area contributed by atoms with Gasteiger partial charge >= 0.3 is 0 Å². The van der Waals surface area contributed by atoms with Crippen LogP contribution in [0.3, 0.4) is 0 Å². The van der Waals surface area contributed by atoms with Gasteiger partial charge in [0.1, 0.15) is 0 Å². The van der Waals surface area contributed by atoms with Gasteiger partial charge in [0.2, 0.25) is 0 Å². The van der Waals surface area contributed by atoms with E-state index in [1.54, 1.807) is 11.9 Å². The number of nitrogens with one attached hydrogen (secondary N) is 1. The van der Waals surface area contributed by atoms with Crippen LogP contribution in [-0.4, -0.2) is 6.17 Å². The molecule has 1 rings (SSSR count). The van der Waals surface area contributed by atoms with E-state index in [0.717, 1.165) is 6.42 Å². The molecular formula is C4H8N2S. The normalized spacial score (nSPS) is 30.7. The molecule has 0 aromatic rings. The highest BCUT2D eigenvalue weighted by molar-refractivity contribution is 8.00. The molecule has 1 aliphatic rings. The van der Waals surface area contributed by atoms with Crippen molar-refractivity contribution in [1.29, 1.82) is 0 Å². The molecule has 0 aromatic heterocycles. The lowest BCUT2D eigenvalue weighted by atomic mass is 10.4. The second-order valence-corrected chi connectivity index (χ2v) is 2.19. The molecular weight excluding hydrogens is 108 g/mol. The van der Waals surface area contributed by atoms with E-state index in [1.165, 1.54) is 0 Å². The molecule has 0 aliphatic carbocycles. The molecule has 0 radical (unpaired) electrons. The minimum absolute atomic E-state index is 0.162. The maximum absolute atomic E-state index is 5.45. The standard InChI is InChI=1S/C4H8N2S/c5-4-2-1-3-7-6-4/h1,3-4,6H,2,5H2. The third-order valence-electron chi connectivity index (χ3n) is 0.774. The Hall–Kier alpha value is 0.01000. The summed E-state index contributed by atoms with van der Waals surface area (Å²) in [5, 5.41) is 2.00. The topological polar surface area (TPSA) is 38.0 Å². The maximum atomic E-state index is 5.45. The Morgan fingerprint density at radius 3 is 3.00 bits per heavy atom. The summed E-state index contributed by atoms with van der Waals surface area (Å²) in [6.07, 6.45) is 3.17. The van der Waals surface area contributed by atoms with Gasteiger partial charge in [-0.25, -0.2) is 4.72 Å². The summed E-state index contributed by atoms with van der Waals surface area (Å²) < 4.78 is 2.99. The highest BCUT2D eigenvalue weighted by Crippen LogP contribution is 2.05. The van der Waals surface area contributed by atoms with Crippen molar-refractivity contribution in [2.45, 2.75) is 12.6 Å². The molecule has 0 saturated heterocycles. The first-order valence-electron chi connectivity index (χ1n) is 2.21. The van der Waals surface area contributed by atoms with Gasteiger partial charge in [0.05, 0.1) is 6.17 Å². The van der Waals surface area contributed by atoms with E-state index in [9.17, 15) is 0 Å². The van der Waals surface area contributed by atoms with E-state index in [4.69, 9.17) is 5.73 Å². The van der Waals surface area contributed by atoms with Gasteiger partial charge in [-0.3, -0.25) is 0 Å². The van der Waals surface area contributed by atoms with Crippen molar-refractivity contribution in [3.05, 3.63) is 11.5 Å². The Balaban J connectivity index is 2.32. The first-order chi connectivity index (χ1) is 3.39. The molecule has 1 unspecified atom stereocenters. The second kappa shape index (κ2) is 2.35. The van der Waals surface area contributed by atoms with Crippen LogP contribution in [0.4, 0.5) is 0 Å². The summed E-state index contributed by atoms with van der Waals surface area (Å²) in [6.45, 7) is 0. The van der Waals surface area contributed by atoms with Crippen LogP contribution < -0.4 is 10.5 Å². The summed E-state index contributed by atoms with van der Waals surface area (Å²) in [5.41, 5.74) is 5.45. The Labute approximate surface area is 47.3 Å². The van der Waals surface area contributed by atoms with Crippen molar-refractivity contribution >= 4 is 11.9 Å². The van der Waals surface area contributed by atoms with E-state index in [0.29, 0.717) is 0 Å². The predicted molar refractivity (Wildman–Crippen MR) is 32.5 cm³/mol. The van der Waals surface area contributed by atoms with E-state index >= 15 is 0 Å². The fourth-order valence-electron chi connectivity index (χ4n) is 0.425.